The van der Waals surface area contributed by atoms with Crippen LogP contribution < -0.4 is 9.80 Å². The first kappa shape index (κ1) is 84.6. The van der Waals surface area contributed by atoms with Crippen LogP contribution in [0.5, 0.6) is 0 Å². The summed E-state index contributed by atoms with van der Waals surface area (Å²) in [6.45, 7) is 0. The molecular weight excluding hydrogens is 1850 g/mol. The Morgan fingerprint density at radius 2 is 0.387 bits per heavy atom. The first-order valence-corrected chi connectivity index (χ1v) is 53.7. The van der Waals surface area contributed by atoms with Crippen LogP contribution in [-0.2, 0) is 10.8 Å². The van der Waals surface area contributed by atoms with Crippen LogP contribution in [0.3, 0.4) is 0 Å². The first-order valence-electron chi connectivity index (χ1n) is 52.0. The predicted octanol–water partition coefficient (Wildman–Crippen LogP) is 40.6. The average Bonchev–Trinajstić information content (AvgIpc) is 1.50. The van der Waals surface area contributed by atoms with E-state index in [4.69, 9.17) is 0 Å². The molecule has 694 valence electrons. The summed E-state index contributed by atoms with van der Waals surface area (Å²) in [4.78, 5) is 5.22. The van der Waals surface area contributed by atoms with Gasteiger partial charge >= 0.3 is 0 Å². The third kappa shape index (κ3) is 12.3. The van der Waals surface area contributed by atoms with Gasteiger partial charge in [0.15, 0.2) is 0 Å². The van der Waals surface area contributed by atoms with E-state index in [-0.39, 0.29) is 0 Å². The second-order valence-electron chi connectivity index (χ2n) is 40.9. The van der Waals surface area contributed by atoms with E-state index in [2.05, 4.69) is 544 Å². The van der Waals surface area contributed by atoms with Gasteiger partial charge in [-0.05, 0) is 342 Å². The minimum absolute atomic E-state index is 0.624. The normalized spacial score (nSPS) is 13.0. The van der Waals surface area contributed by atoms with Crippen molar-refractivity contribution in [1.29, 1.82) is 0 Å². The second-order valence-corrected chi connectivity index (χ2v) is 43.0. The smallest absolute Gasteiger partial charge is 0.0726 e. The van der Waals surface area contributed by atoms with Crippen molar-refractivity contribution in [3.8, 4) is 122 Å². The fourth-order valence-corrected chi connectivity index (χ4v) is 29.4. The summed E-state index contributed by atoms with van der Waals surface area (Å²) < 4.78 is 5.07. The minimum Gasteiger partial charge on any atom is -0.310 e. The number of benzene rings is 26. The van der Waals surface area contributed by atoms with Crippen molar-refractivity contribution in [3.05, 3.63) is 578 Å². The van der Waals surface area contributed by atoms with Gasteiger partial charge in [0.25, 0.3) is 0 Å². The molecule has 0 radical (unpaired) electrons. The van der Waals surface area contributed by atoms with Crippen LogP contribution in [0.15, 0.2) is 534 Å². The van der Waals surface area contributed by atoms with Gasteiger partial charge in [-0.15, -0.1) is 22.7 Å². The maximum absolute atomic E-state index is 2.62. The molecule has 4 heteroatoms. The maximum Gasteiger partial charge on any atom is 0.0726 e. The lowest BCUT2D eigenvalue weighted by Gasteiger charge is -2.33. The molecule has 0 bridgehead atoms. The van der Waals surface area contributed by atoms with Crippen LogP contribution in [0, 0.1) is 0 Å². The third-order valence-corrected chi connectivity index (χ3v) is 35.7. The Morgan fingerprint density at radius 1 is 0.127 bits per heavy atom. The van der Waals surface area contributed by atoms with Crippen molar-refractivity contribution < 1.29 is 0 Å². The molecule has 0 amide bonds. The van der Waals surface area contributed by atoms with Gasteiger partial charge in [-0.3, -0.25) is 0 Å². The zero-order valence-corrected chi connectivity index (χ0v) is 83.2. The van der Waals surface area contributed by atoms with Gasteiger partial charge < -0.3 is 9.80 Å². The van der Waals surface area contributed by atoms with Gasteiger partial charge in [0.1, 0.15) is 0 Å². The largest absolute Gasteiger partial charge is 0.310 e. The number of rotatable bonds is 13. The average molecular weight is 1930 g/mol. The Labute approximate surface area is 876 Å². The molecular formula is C146H88N2S2. The monoisotopic (exact) mass is 1930 g/mol. The van der Waals surface area contributed by atoms with E-state index in [1.807, 2.05) is 22.7 Å². The number of fused-ring (bicyclic) bond motifs is 38. The van der Waals surface area contributed by atoms with Crippen LogP contribution in [0.4, 0.5) is 34.1 Å². The van der Waals surface area contributed by atoms with Crippen molar-refractivity contribution in [2.75, 3.05) is 9.80 Å². The van der Waals surface area contributed by atoms with Crippen molar-refractivity contribution in [2.45, 2.75) is 10.8 Å². The lowest BCUT2D eigenvalue weighted by atomic mass is 9.70. The Hall–Kier alpha value is -18.7. The summed E-state index contributed by atoms with van der Waals surface area (Å²) in [6, 6.07) is 204. The van der Waals surface area contributed by atoms with Gasteiger partial charge in [-0.2, -0.15) is 0 Å². The summed E-state index contributed by atoms with van der Waals surface area (Å²) >= 11 is 3.76. The molecule has 2 nitrogen and oxygen atoms in total. The van der Waals surface area contributed by atoms with Gasteiger partial charge in [0.2, 0.25) is 0 Å². The van der Waals surface area contributed by atoms with Crippen molar-refractivity contribution >= 4 is 162 Å². The molecule has 0 saturated heterocycles. The van der Waals surface area contributed by atoms with Crippen LogP contribution >= 0.6 is 22.7 Å². The van der Waals surface area contributed by atoms with Crippen molar-refractivity contribution in [2.24, 2.45) is 0 Å². The summed E-state index contributed by atoms with van der Waals surface area (Å²) in [6.07, 6.45) is 0. The van der Waals surface area contributed by atoms with Crippen LogP contribution in [0.2, 0.25) is 0 Å². The molecule has 0 atom stereocenters. The van der Waals surface area contributed by atoms with Gasteiger partial charge in [-0.25, -0.2) is 0 Å². The zero-order valence-electron chi connectivity index (χ0n) is 81.5. The predicted molar refractivity (Wildman–Crippen MR) is 637 cm³/mol. The molecule has 150 heavy (non-hydrogen) atoms. The summed E-state index contributed by atoms with van der Waals surface area (Å²) in [5, 5.41) is 19.6. The quantitative estimate of drug-likeness (QED) is 0.106. The molecule has 0 fully saturated rings. The van der Waals surface area contributed by atoms with Gasteiger partial charge in [-0.1, -0.05) is 413 Å². The van der Waals surface area contributed by atoms with E-state index in [0.717, 1.165) is 84.2 Å². The molecule has 0 aliphatic heterocycles. The molecule has 0 unspecified atom stereocenters. The molecule has 26 aromatic carbocycles. The Morgan fingerprint density at radius 3 is 0.780 bits per heavy atom. The van der Waals surface area contributed by atoms with Crippen molar-refractivity contribution in [1.82, 2.24) is 0 Å². The Kier molecular flexibility index (Phi) is 18.6. The lowest BCUT2D eigenvalue weighted by molar-refractivity contribution is 0.794. The molecule has 28 aromatic rings. The standard InChI is InChI=1S/C146H88N2S2/c1-3-33-89(34-4-1)94-79-95(90-65-70-97(71-66-90)147(99-74-77-110-105-41-10-9-39-103(105)104-40-11-12-42-106(104)123(110)83-99)137-87-135-125(85-127(137)118-53-31-63-141-143(118)120-51-21-29-61-139(120)149-141)116-49-19-27-59-133(116)145(135)129-55-23-15-45-112(129)113-46-16-24-56-130(113)145)81-96(80-94)93-69-76-109-111-78-75-100(84-124(111)108-44-14-13-43-107(108)122(109)82-93)148(98-72-67-92(68-73-98)102-38-8-7-37-101(102)91-35-5-2-6-36-91)138-88-136-126(86-128(138)119-54-32-64-142-144(119)121-52-22-30-62-140(121)150-142)117-50-20-28-60-134(117)146(136)131-57-25-17-47-114(131)115-48-18-26-58-132(115)146/h1-88H. The van der Waals surface area contributed by atoms with E-state index in [9.17, 15) is 0 Å². The molecule has 2 spiro atoms. The molecule has 4 aliphatic rings. The Balaban J connectivity index is 0.585. The third-order valence-electron chi connectivity index (χ3n) is 33.4. The molecule has 0 saturated carbocycles. The van der Waals surface area contributed by atoms with Gasteiger partial charge in [0.05, 0.1) is 22.2 Å². The summed E-state index contributed by atoms with van der Waals surface area (Å²) in [5.41, 5.74) is 41.9. The highest BCUT2D eigenvalue weighted by molar-refractivity contribution is 7.26. The highest BCUT2D eigenvalue weighted by Crippen LogP contribution is 2.68. The lowest BCUT2D eigenvalue weighted by Crippen LogP contribution is -2.26. The Bertz CT molecular complexity index is 10500. The minimum atomic E-state index is -0.626. The highest BCUT2D eigenvalue weighted by atomic mass is 32.1. The van der Waals surface area contributed by atoms with Crippen LogP contribution in [-0.4, -0.2) is 0 Å². The van der Waals surface area contributed by atoms with E-state index >= 15 is 0 Å². The second kappa shape index (κ2) is 32.9. The van der Waals surface area contributed by atoms with E-state index in [1.54, 1.807) is 0 Å². The SMILES string of the molecule is c1ccc(-c2cc(-c3ccc(N(c4ccc5c6ccccc6c6ccccc6c5c4)c4cc5c(cc4-c4cccc6sc7ccccc7c46)-c4ccccc4C54c5ccccc5-c5ccccc54)cc3)cc(-c3ccc4c5ccc(N(c6ccc(-c7ccccc7-c7ccccc7)cc6)c6cc7c(cc6-c6cccc8sc9ccccc9c68)-c6ccccc6C76c7ccccc7-c7ccccc76)cc5c5ccccc5c4c3)c2)cc1. The van der Waals surface area contributed by atoms with Crippen LogP contribution in [0.25, 0.3) is 227 Å². The van der Waals surface area contributed by atoms with E-state index in [1.165, 1.54) is 222 Å². The fraction of sp³-hybridized carbons (Fsp3) is 0.0137. The summed E-state index contributed by atoms with van der Waals surface area (Å²) in [7, 11) is 0. The molecule has 2 aromatic heterocycles. The first-order chi connectivity index (χ1) is 74.4. The number of nitrogens with zero attached hydrogens (tertiary/aromatic N) is 2. The maximum atomic E-state index is 2.62. The van der Waals surface area contributed by atoms with E-state index in [0.29, 0.717) is 0 Å². The van der Waals surface area contributed by atoms with Crippen molar-refractivity contribution in [3.63, 3.8) is 0 Å². The molecule has 2 heterocycles. The summed E-state index contributed by atoms with van der Waals surface area (Å²) in [5.74, 6) is 0. The number of anilines is 6. The number of thiophene rings is 2. The molecule has 32 rings (SSSR count). The number of hydrogen-bond acceptors (Lipinski definition) is 4. The zero-order chi connectivity index (χ0) is 98.1. The molecule has 0 N–H and O–H groups in total. The van der Waals surface area contributed by atoms with E-state index < -0.39 is 10.8 Å². The molecule has 4 aliphatic carbocycles. The highest BCUT2D eigenvalue weighted by Gasteiger charge is 2.54. The fourth-order valence-electron chi connectivity index (χ4n) is 27.2. The number of hydrogen-bond donors (Lipinski definition) is 0. The topological polar surface area (TPSA) is 6.48 Å². The van der Waals surface area contributed by atoms with Gasteiger partial charge in [0, 0.05) is 74.2 Å². The van der Waals surface area contributed by atoms with Crippen LogP contribution in [0.1, 0.15) is 44.5 Å².